The molecule has 1 aromatic heterocycles. The van der Waals surface area contributed by atoms with Crippen LogP contribution in [0, 0.1) is 0 Å². The van der Waals surface area contributed by atoms with E-state index in [1.807, 2.05) is 17.4 Å². The van der Waals surface area contributed by atoms with Crippen LogP contribution in [0.5, 0.6) is 0 Å². The summed E-state index contributed by atoms with van der Waals surface area (Å²) in [5.41, 5.74) is 7.45. The van der Waals surface area contributed by atoms with Crippen LogP contribution in [0.1, 0.15) is 64.7 Å². The number of carbonyl (C=O) groups is 1. The zero-order chi connectivity index (χ0) is 14.9. The van der Waals surface area contributed by atoms with E-state index in [0.717, 1.165) is 18.5 Å². The fraction of sp³-hybridized carbons (Fsp3) is 0.733. The van der Waals surface area contributed by atoms with E-state index in [2.05, 4.69) is 37.2 Å². The Morgan fingerprint density at radius 2 is 2.00 bits per heavy atom. The SMILES string of the molecule is CC(C)N1C(=O)CCCC(N)C1c1cncn1C(C)C. The van der Waals surface area contributed by atoms with Gasteiger partial charge in [0.15, 0.2) is 0 Å². The molecule has 5 nitrogen and oxygen atoms in total. The van der Waals surface area contributed by atoms with E-state index < -0.39 is 0 Å². The third-order valence-electron chi connectivity index (χ3n) is 4.03. The predicted octanol–water partition coefficient (Wildman–Crippen LogP) is 2.25. The fourth-order valence-electron chi connectivity index (χ4n) is 3.08. The molecular weight excluding hydrogens is 252 g/mol. The first-order valence-electron chi connectivity index (χ1n) is 7.52. The molecule has 2 N–H and O–H groups in total. The van der Waals surface area contributed by atoms with Crippen molar-refractivity contribution in [1.29, 1.82) is 0 Å². The summed E-state index contributed by atoms with van der Waals surface area (Å²) in [7, 11) is 0. The summed E-state index contributed by atoms with van der Waals surface area (Å²) in [6, 6.07) is 0.354. The number of hydrogen-bond acceptors (Lipinski definition) is 3. The second-order valence-corrected chi connectivity index (χ2v) is 6.22. The molecule has 2 unspecified atom stereocenters. The standard InChI is InChI=1S/C15H26N4O/c1-10(2)18-9-17-8-13(18)15-12(16)6-5-7-14(20)19(15)11(3)4/h8-12,15H,5-7,16H2,1-4H3. The van der Waals surface area contributed by atoms with Gasteiger partial charge in [0.1, 0.15) is 0 Å². The lowest BCUT2D eigenvalue weighted by Gasteiger charge is -2.37. The minimum Gasteiger partial charge on any atom is -0.330 e. The Balaban J connectivity index is 2.46. The molecule has 112 valence electrons. The highest BCUT2D eigenvalue weighted by Crippen LogP contribution is 2.32. The third-order valence-corrected chi connectivity index (χ3v) is 4.03. The van der Waals surface area contributed by atoms with Crippen LogP contribution in [-0.4, -0.2) is 32.4 Å². The Morgan fingerprint density at radius 1 is 1.30 bits per heavy atom. The molecule has 1 saturated heterocycles. The second kappa shape index (κ2) is 5.95. The number of likely N-dealkylation sites (tertiary alicyclic amines) is 1. The molecule has 1 aliphatic rings. The fourth-order valence-corrected chi connectivity index (χ4v) is 3.08. The van der Waals surface area contributed by atoms with Gasteiger partial charge in [-0.3, -0.25) is 4.79 Å². The molecule has 0 aromatic carbocycles. The highest BCUT2D eigenvalue weighted by molar-refractivity contribution is 5.77. The Morgan fingerprint density at radius 3 is 2.60 bits per heavy atom. The smallest absolute Gasteiger partial charge is 0.223 e. The molecule has 5 heteroatoms. The van der Waals surface area contributed by atoms with Gasteiger partial charge in [0.05, 0.1) is 24.3 Å². The average molecular weight is 278 g/mol. The van der Waals surface area contributed by atoms with Crippen molar-refractivity contribution in [1.82, 2.24) is 14.5 Å². The van der Waals surface area contributed by atoms with Crippen molar-refractivity contribution in [2.45, 2.75) is 71.1 Å². The van der Waals surface area contributed by atoms with Gasteiger partial charge in [-0.1, -0.05) is 0 Å². The summed E-state index contributed by atoms with van der Waals surface area (Å²) < 4.78 is 2.12. The Bertz CT molecular complexity index is 466. The van der Waals surface area contributed by atoms with Crippen molar-refractivity contribution in [3.05, 3.63) is 18.2 Å². The van der Waals surface area contributed by atoms with Gasteiger partial charge in [-0.25, -0.2) is 4.98 Å². The molecule has 0 aliphatic carbocycles. The van der Waals surface area contributed by atoms with Crippen LogP contribution < -0.4 is 5.73 Å². The Labute approximate surface area is 121 Å². The van der Waals surface area contributed by atoms with Gasteiger partial charge in [0.2, 0.25) is 5.91 Å². The van der Waals surface area contributed by atoms with Gasteiger partial charge >= 0.3 is 0 Å². The van der Waals surface area contributed by atoms with E-state index in [4.69, 9.17) is 5.73 Å². The molecule has 2 heterocycles. The molecule has 0 bridgehead atoms. The monoisotopic (exact) mass is 278 g/mol. The maximum Gasteiger partial charge on any atom is 0.223 e. The number of amides is 1. The molecule has 2 rings (SSSR count). The van der Waals surface area contributed by atoms with E-state index in [0.29, 0.717) is 12.5 Å². The van der Waals surface area contributed by atoms with Crippen LogP contribution in [0.15, 0.2) is 12.5 Å². The molecule has 1 aliphatic heterocycles. The molecule has 1 aromatic rings. The average Bonchev–Trinajstić information content (AvgIpc) is 2.78. The van der Waals surface area contributed by atoms with Crippen molar-refractivity contribution >= 4 is 5.91 Å². The van der Waals surface area contributed by atoms with Crippen molar-refractivity contribution < 1.29 is 4.79 Å². The minimum atomic E-state index is -0.0742. The molecule has 0 saturated carbocycles. The van der Waals surface area contributed by atoms with Crippen LogP contribution in [0.25, 0.3) is 0 Å². The van der Waals surface area contributed by atoms with Crippen LogP contribution in [0.2, 0.25) is 0 Å². The quantitative estimate of drug-likeness (QED) is 0.922. The summed E-state index contributed by atoms with van der Waals surface area (Å²) in [5, 5.41) is 0. The van der Waals surface area contributed by atoms with E-state index in [1.165, 1.54) is 0 Å². The maximum absolute atomic E-state index is 12.4. The van der Waals surface area contributed by atoms with E-state index >= 15 is 0 Å². The summed E-state index contributed by atoms with van der Waals surface area (Å²) in [4.78, 5) is 18.7. The largest absolute Gasteiger partial charge is 0.330 e. The van der Waals surface area contributed by atoms with Crippen LogP contribution >= 0.6 is 0 Å². The predicted molar refractivity (Wildman–Crippen MR) is 79.2 cm³/mol. The van der Waals surface area contributed by atoms with Crippen molar-refractivity contribution in [3.63, 3.8) is 0 Å². The molecule has 20 heavy (non-hydrogen) atoms. The zero-order valence-corrected chi connectivity index (χ0v) is 12.9. The molecule has 1 fully saturated rings. The van der Waals surface area contributed by atoms with Gasteiger partial charge < -0.3 is 15.2 Å². The highest BCUT2D eigenvalue weighted by atomic mass is 16.2. The first kappa shape index (κ1) is 15.0. The van der Waals surface area contributed by atoms with Crippen molar-refractivity contribution in [3.8, 4) is 0 Å². The summed E-state index contributed by atoms with van der Waals surface area (Å²) in [6.45, 7) is 8.35. The number of hydrogen-bond donors (Lipinski definition) is 1. The molecule has 2 atom stereocenters. The molecule has 1 amide bonds. The zero-order valence-electron chi connectivity index (χ0n) is 12.9. The van der Waals surface area contributed by atoms with E-state index in [1.54, 1.807) is 0 Å². The summed E-state index contributed by atoms with van der Waals surface area (Å²) >= 11 is 0. The lowest BCUT2D eigenvalue weighted by Crippen LogP contribution is -2.46. The first-order valence-corrected chi connectivity index (χ1v) is 7.52. The molecular formula is C15H26N4O. The van der Waals surface area contributed by atoms with Crippen molar-refractivity contribution in [2.24, 2.45) is 5.73 Å². The number of carbonyl (C=O) groups excluding carboxylic acids is 1. The molecule has 0 spiro atoms. The second-order valence-electron chi connectivity index (χ2n) is 6.22. The van der Waals surface area contributed by atoms with Crippen LogP contribution in [-0.2, 0) is 4.79 Å². The third kappa shape index (κ3) is 2.73. The Kier molecular flexibility index (Phi) is 4.48. The van der Waals surface area contributed by atoms with Gasteiger partial charge in [-0.15, -0.1) is 0 Å². The lowest BCUT2D eigenvalue weighted by atomic mass is 10.00. The van der Waals surface area contributed by atoms with Gasteiger partial charge in [0.25, 0.3) is 0 Å². The van der Waals surface area contributed by atoms with E-state index in [9.17, 15) is 4.79 Å². The lowest BCUT2D eigenvalue weighted by molar-refractivity contribution is -0.135. The number of nitrogens with zero attached hydrogens (tertiary/aromatic N) is 3. The first-order chi connectivity index (χ1) is 9.43. The minimum absolute atomic E-state index is 0.0296. The van der Waals surface area contributed by atoms with E-state index in [-0.39, 0.29) is 24.0 Å². The summed E-state index contributed by atoms with van der Waals surface area (Å²) in [5.74, 6) is 0.203. The number of aromatic nitrogens is 2. The van der Waals surface area contributed by atoms with Crippen molar-refractivity contribution in [2.75, 3.05) is 0 Å². The maximum atomic E-state index is 12.4. The van der Waals surface area contributed by atoms with Gasteiger partial charge in [-0.05, 0) is 40.5 Å². The highest BCUT2D eigenvalue weighted by Gasteiger charge is 2.36. The normalized spacial score (nSPS) is 24.6. The van der Waals surface area contributed by atoms with Crippen LogP contribution in [0.4, 0.5) is 0 Å². The summed E-state index contributed by atoms with van der Waals surface area (Å²) in [6.07, 6.45) is 6.04. The number of nitrogens with two attached hydrogens (primary N) is 1. The van der Waals surface area contributed by atoms with Gasteiger partial charge in [0, 0.05) is 24.5 Å². The molecule has 0 radical (unpaired) electrons. The topological polar surface area (TPSA) is 64.2 Å². The number of rotatable bonds is 3. The Hall–Kier alpha value is -1.36. The van der Waals surface area contributed by atoms with Gasteiger partial charge in [-0.2, -0.15) is 0 Å². The number of imidazole rings is 1. The van der Waals surface area contributed by atoms with Crippen LogP contribution in [0.3, 0.4) is 0 Å².